The second kappa shape index (κ2) is 9.79. The van der Waals surface area contributed by atoms with Crippen molar-refractivity contribution in [2.24, 2.45) is 0 Å². The summed E-state index contributed by atoms with van der Waals surface area (Å²) in [5, 5.41) is 10.3. The molecule has 0 radical (unpaired) electrons. The SMILES string of the molecule is CC(NC(=O)CC1CSCCN1)c1nc(Cc2ccccc2)no1.Cl. The fourth-order valence-corrected chi connectivity index (χ4v) is 3.58. The van der Waals surface area contributed by atoms with Crippen molar-refractivity contribution in [2.75, 3.05) is 18.1 Å². The molecule has 1 amide bonds. The normalized spacial score (nSPS) is 18.2. The van der Waals surface area contributed by atoms with Gasteiger partial charge in [-0.25, -0.2) is 0 Å². The zero-order valence-electron chi connectivity index (χ0n) is 14.1. The molecular formula is C17H23ClN4O2S. The monoisotopic (exact) mass is 382 g/mol. The van der Waals surface area contributed by atoms with Crippen molar-refractivity contribution in [1.29, 1.82) is 0 Å². The lowest BCUT2D eigenvalue weighted by Crippen LogP contribution is -2.41. The van der Waals surface area contributed by atoms with Crippen LogP contribution in [0.4, 0.5) is 0 Å². The molecule has 0 saturated carbocycles. The smallest absolute Gasteiger partial charge is 0.248 e. The van der Waals surface area contributed by atoms with E-state index in [0.717, 1.165) is 23.6 Å². The standard InChI is InChI=1S/C17H22N4O2S.ClH/c1-12(19-16(22)10-14-11-24-8-7-18-14)17-20-15(21-23-17)9-13-5-3-2-4-6-13;/h2-6,12,14,18H,7-11H2,1H3,(H,19,22);1H. The predicted octanol–water partition coefficient (Wildman–Crippen LogP) is 2.35. The van der Waals surface area contributed by atoms with Crippen LogP contribution in [-0.2, 0) is 11.2 Å². The van der Waals surface area contributed by atoms with Crippen LogP contribution in [0, 0.1) is 0 Å². The Morgan fingerprint density at radius 1 is 1.44 bits per heavy atom. The molecule has 0 aliphatic carbocycles. The lowest BCUT2D eigenvalue weighted by molar-refractivity contribution is -0.122. The van der Waals surface area contributed by atoms with Crippen LogP contribution in [-0.4, -0.2) is 40.1 Å². The van der Waals surface area contributed by atoms with Gasteiger partial charge in [-0.05, 0) is 12.5 Å². The van der Waals surface area contributed by atoms with Crippen molar-refractivity contribution in [3.05, 3.63) is 47.6 Å². The van der Waals surface area contributed by atoms with Gasteiger partial charge < -0.3 is 15.2 Å². The largest absolute Gasteiger partial charge is 0.345 e. The molecule has 2 atom stereocenters. The minimum atomic E-state index is -0.286. The highest BCUT2D eigenvalue weighted by Gasteiger charge is 2.20. The van der Waals surface area contributed by atoms with Crippen LogP contribution in [0.3, 0.4) is 0 Å². The maximum absolute atomic E-state index is 12.1. The first-order valence-corrected chi connectivity index (χ1v) is 9.33. The first-order chi connectivity index (χ1) is 11.7. The minimum Gasteiger partial charge on any atom is -0.345 e. The lowest BCUT2D eigenvalue weighted by atomic mass is 10.1. The molecule has 2 heterocycles. The molecular weight excluding hydrogens is 360 g/mol. The Balaban J connectivity index is 0.00000225. The van der Waals surface area contributed by atoms with Gasteiger partial charge in [-0.3, -0.25) is 4.79 Å². The van der Waals surface area contributed by atoms with Crippen molar-refractivity contribution in [3.63, 3.8) is 0 Å². The molecule has 0 spiro atoms. The molecule has 6 nitrogen and oxygen atoms in total. The summed E-state index contributed by atoms with van der Waals surface area (Å²) in [6, 6.07) is 9.95. The molecule has 1 aromatic carbocycles. The van der Waals surface area contributed by atoms with Gasteiger partial charge in [0.25, 0.3) is 0 Å². The summed E-state index contributed by atoms with van der Waals surface area (Å²) >= 11 is 1.88. The van der Waals surface area contributed by atoms with Gasteiger partial charge in [-0.1, -0.05) is 35.5 Å². The summed E-state index contributed by atoms with van der Waals surface area (Å²) in [4.78, 5) is 16.5. The van der Waals surface area contributed by atoms with Crippen molar-refractivity contribution < 1.29 is 9.32 Å². The van der Waals surface area contributed by atoms with Crippen LogP contribution in [0.5, 0.6) is 0 Å². The number of hydrogen-bond donors (Lipinski definition) is 2. The number of nitrogens with zero attached hydrogens (tertiary/aromatic N) is 2. The van der Waals surface area contributed by atoms with Crippen molar-refractivity contribution in [1.82, 2.24) is 20.8 Å². The fraction of sp³-hybridized carbons (Fsp3) is 0.471. The first kappa shape index (κ1) is 19.8. The van der Waals surface area contributed by atoms with E-state index in [0.29, 0.717) is 24.6 Å². The number of hydrogen-bond acceptors (Lipinski definition) is 6. The van der Waals surface area contributed by atoms with Crippen molar-refractivity contribution >= 4 is 30.1 Å². The zero-order chi connectivity index (χ0) is 16.8. The summed E-state index contributed by atoms with van der Waals surface area (Å²) in [7, 11) is 0. The number of nitrogens with one attached hydrogen (secondary N) is 2. The van der Waals surface area contributed by atoms with Crippen LogP contribution in [0.15, 0.2) is 34.9 Å². The fourth-order valence-electron chi connectivity index (χ4n) is 2.63. The van der Waals surface area contributed by atoms with E-state index in [4.69, 9.17) is 4.52 Å². The van der Waals surface area contributed by atoms with E-state index in [9.17, 15) is 4.79 Å². The van der Waals surface area contributed by atoms with Crippen molar-refractivity contribution in [2.45, 2.75) is 31.8 Å². The number of carbonyl (C=O) groups excluding carboxylic acids is 1. The molecule has 25 heavy (non-hydrogen) atoms. The van der Waals surface area contributed by atoms with Crippen LogP contribution in [0.1, 0.15) is 36.7 Å². The second-order valence-corrected chi connectivity index (χ2v) is 7.08. The summed E-state index contributed by atoms with van der Waals surface area (Å²) < 4.78 is 5.29. The molecule has 8 heteroatoms. The van der Waals surface area contributed by atoms with Gasteiger partial charge in [0.05, 0.1) is 0 Å². The molecule has 1 aromatic heterocycles. The summed E-state index contributed by atoms with van der Waals surface area (Å²) in [5.74, 6) is 3.16. The van der Waals surface area contributed by atoms with Crippen LogP contribution < -0.4 is 10.6 Å². The van der Waals surface area contributed by atoms with Gasteiger partial charge >= 0.3 is 0 Å². The maximum atomic E-state index is 12.1. The van der Waals surface area contributed by atoms with E-state index in [-0.39, 0.29) is 30.4 Å². The average molecular weight is 383 g/mol. The number of rotatable bonds is 6. The Bertz CT molecular complexity index is 662. The third kappa shape index (κ3) is 6.02. The molecule has 2 N–H and O–H groups in total. The van der Waals surface area contributed by atoms with Crippen LogP contribution in [0.2, 0.25) is 0 Å². The van der Waals surface area contributed by atoms with Gasteiger partial charge in [0, 0.05) is 36.9 Å². The van der Waals surface area contributed by atoms with Gasteiger partial charge in [0.2, 0.25) is 11.8 Å². The Morgan fingerprint density at radius 2 is 2.24 bits per heavy atom. The van der Waals surface area contributed by atoms with Gasteiger partial charge in [-0.2, -0.15) is 16.7 Å². The molecule has 1 saturated heterocycles. The molecule has 2 aromatic rings. The molecule has 1 aliphatic heterocycles. The lowest BCUT2D eigenvalue weighted by Gasteiger charge is -2.23. The van der Waals surface area contributed by atoms with Crippen LogP contribution >= 0.6 is 24.2 Å². The number of aromatic nitrogens is 2. The molecule has 1 aliphatic rings. The minimum absolute atomic E-state index is 0. The van der Waals surface area contributed by atoms with E-state index in [1.807, 2.05) is 49.0 Å². The van der Waals surface area contributed by atoms with E-state index < -0.39 is 0 Å². The number of amides is 1. The number of halogens is 1. The highest BCUT2D eigenvalue weighted by atomic mass is 35.5. The first-order valence-electron chi connectivity index (χ1n) is 8.17. The van der Waals surface area contributed by atoms with Gasteiger partial charge in [0.15, 0.2) is 5.82 Å². The molecule has 1 fully saturated rings. The molecule has 136 valence electrons. The van der Waals surface area contributed by atoms with E-state index in [1.54, 1.807) is 0 Å². The Labute approximate surface area is 157 Å². The second-order valence-electron chi connectivity index (χ2n) is 5.93. The Hall–Kier alpha value is -1.57. The zero-order valence-corrected chi connectivity index (χ0v) is 15.7. The topological polar surface area (TPSA) is 80.0 Å². The highest BCUT2D eigenvalue weighted by Crippen LogP contribution is 2.14. The van der Waals surface area contributed by atoms with Crippen molar-refractivity contribution in [3.8, 4) is 0 Å². The number of benzene rings is 1. The van der Waals surface area contributed by atoms with Gasteiger partial charge in [-0.15, -0.1) is 12.4 Å². The molecule has 0 bridgehead atoms. The molecule has 2 unspecified atom stereocenters. The maximum Gasteiger partial charge on any atom is 0.248 e. The average Bonchev–Trinajstić information content (AvgIpc) is 3.05. The van der Waals surface area contributed by atoms with E-state index in [2.05, 4.69) is 20.8 Å². The van der Waals surface area contributed by atoms with Gasteiger partial charge in [0.1, 0.15) is 6.04 Å². The number of carbonyl (C=O) groups is 1. The highest BCUT2D eigenvalue weighted by molar-refractivity contribution is 7.99. The Kier molecular flexibility index (Phi) is 7.74. The quantitative estimate of drug-likeness (QED) is 0.798. The third-order valence-electron chi connectivity index (χ3n) is 3.87. The summed E-state index contributed by atoms with van der Waals surface area (Å²) in [6.07, 6.45) is 1.09. The van der Waals surface area contributed by atoms with E-state index >= 15 is 0 Å². The third-order valence-corrected chi connectivity index (χ3v) is 5.00. The molecule has 3 rings (SSSR count). The van der Waals surface area contributed by atoms with E-state index in [1.165, 1.54) is 0 Å². The summed E-state index contributed by atoms with van der Waals surface area (Å²) in [6.45, 7) is 2.82. The summed E-state index contributed by atoms with van der Waals surface area (Å²) in [5.41, 5.74) is 1.13. The predicted molar refractivity (Wildman–Crippen MR) is 101 cm³/mol. The Morgan fingerprint density at radius 3 is 2.96 bits per heavy atom. The number of thioether (sulfide) groups is 1. The van der Waals surface area contributed by atoms with Crippen LogP contribution in [0.25, 0.3) is 0 Å².